The van der Waals surface area contributed by atoms with Crippen LogP contribution in [0.25, 0.3) is 10.9 Å². The molecular formula is C22H20N4O. The molecule has 0 radical (unpaired) electrons. The Labute approximate surface area is 158 Å². The molecule has 4 aromatic rings. The standard InChI is InChI=1S/C22H20N4O/c1-16(17-6-4-3-5-7-17)26(2)19-8-10-20(11-9-19)27-22-24-14-18-12-13-23-15-21(18)25-22/h3-16H,1-2H3/t16-/m1/s1. The third kappa shape index (κ3) is 3.72. The molecule has 2 aromatic carbocycles. The lowest BCUT2D eigenvalue weighted by Crippen LogP contribution is -2.21. The number of hydrogen-bond donors (Lipinski definition) is 0. The SMILES string of the molecule is C[C@H](c1ccccc1)N(C)c1ccc(Oc2ncc3ccncc3n2)cc1. The smallest absolute Gasteiger partial charge is 0.322 e. The summed E-state index contributed by atoms with van der Waals surface area (Å²) in [6.45, 7) is 2.19. The molecule has 134 valence electrons. The van der Waals surface area contributed by atoms with E-state index in [4.69, 9.17) is 4.74 Å². The zero-order valence-corrected chi connectivity index (χ0v) is 15.3. The van der Waals surface area contributed by atoms with E-state index in [9.17, 15) is 0 Å². The van der Waals surface area contributed by atoms with Gasteiger partial charge in [0.15, 0.2) is 0 Å². The van der Waals surface area contributed by atoms with Crippen LogP contribution < -0.4 is 9.64 Å². The fourth-order valence-electron chi connectivity index (χ4n) is 2.94. The Balaban J connectivity index is 1.49. The van der Waals surface area contributed by atoms with Crippen molar-refractivity contribution in [2.24, 2.45) is 0 Å². The number of rotatable bonds is 5. The predicted molar refractivity (Wildman–Crippen MR) is 107 cm³/mol. The minimum Gasteiger partial charge on any atom is -0.424 e. The highest BCUT2D eigenvalue weighted by atomic mass is 16.5. The van der Waals surface area contributed by atoms with Crippen LogP contribution in [0.1, 0.15) is 18.5 Å². The number of anilines is 1. The molecule has 0 spiro atoms. The van der Waals surface area contributed by atoms with E-state index in [1.807, 2.05) is 36.4 Å². The van der Waals surface area contributed by atoms with Crippen LogP contribution in [0, 0.1) is 0 Å². The Morgan fingerprint density at radius 3 is 2.48 bits per heavy atom. The van der Waals surface area contributed by atoms with Gasteiger partial charge in [0.2, 0.25) is 0 Å². The third-order valence-corrected chi connectivity index (χ3v) is 4.68. The summed E-state index contributed by atoms with van der Waals surface area (Å²) < 4.78 is 5.80. The van der Waals surface area contributed by atoms with Crippen molar-refractivity contribution in [3.05, 3.63) is 84.8 Å². The van der Waals surface area contributed by atoms with E-state index in [0.29, 0.717) is 11.8 Å². The predicted octanol–water partition coefficient (Wildman–Crippen LogP) is 5.01. The minimum absolute atomic E-state index is 0.272. The number of ether oxygens (including phenoxy) is 1. The highest BCUT2D eigenvalue weighted by Crippen LogP contribution is 2.28. The van der Waals surface area contributed by atoms with E-state index in [-0.39, 0.29) is 6.04 Å². The van der Waals surface area contributed by atoms with Crippen molar-refractivity contribution in [2.45, 2.75) is 13.0 Å². The Hall–Kier alpha value is -3.47. The number of hydrogen-bond acceptors (Lipinski definition) is 5. The van der Waals surface area contributed by atoms with Gasteiger partial charge in [0.1, 0.15) is 5.75 Å². The van der Waals surface area contributed by atoms with Crippen LogP contribution in [0.5, 0.6) is 11.8 Å². The highest BCUT2D eigenvalue weighted by molar-refractivity contribution is 5.76. The zero-order chi connectivity index (χ0) is 18.6. The van der Waals surface area contributed by atoms with Gasteiger partial charge >= 0.3 is 6.01 Å². The molecule has 5 nitrogen and oxygen atoms in total. The molecule has 27 heavy (non-hydrogen) atoms. The first-order valence-corrected chi connectivity index (χ1v) is 8.83. The van der Waals surface area contributed by atoms with E-state index in [0.717, 1.165) is 16.6 Å². The van der Waals surface area contributed by atoms with Gasteiger partial charge in [-0.15, -0.1) is 0 Å². The van der Waals surface area contributed by atoms with Crippen LogP contribution in [0.3, 0.4) is 0 Å². The van der Waals surface area contributed by atoms with Gasteiger partial charge in [0.25, 0.3) is 0 Å². The van der Waals surface area contributed by atoms with Crippen molar-refractivity contribution in [3.8, 4) is 11.8 Å². The Morgan fingerprint density at radius 2 is 1.70 bits per heavy atom. The average molecular weight is 356 g/mol. The fraction of sp³-hybridized carbons (Fsp3) is 0.136. The van der Waals surface area contributed by atoms with Gasteiger partial charge in [-0.3, -0.25) is 4.98 Å². The van der Waals surface area contributed by atoms with E-state index in [1.165, 1.54) is 5.56 Å². The lowest BCUT2D eigenvalue weighted by atomic mass is 10.1. The Kier molecular flexibility index (Phi) is 4.66. The van der Waals surface area contributed by atoms with Gasteiger partial charge in [-0.05, 0) is 42.8 Å². The monoisotopic (exact) mass is 356 g/mol. The minimum atomic E-state index is 0.272. The normalized spacial score (nSPS) is 11.9. The fourth-order valence-corrected chi connectivity index (χ4v) is 2.94. The maximum atomic E-state index is 5.80. The number of fused-ring (bicyclic) bond motifs is 1. The van der Waals surface area contributed by atoms with E-state index in [2.05, 4.69) is 58.1 Å². The number of pyridine rings is 1. The lowest BCUT2D eigenvalue weighted by molar-refractivity contribution is 0.444. The first-order valence-electron chi connectivity index (χ1n) is 8.83. The lowest BCUT2D eigenvalue weighted by Gasteiger charge is -2.27. The first kappa shape index (κ1) is 17.0. The van der Waals surface area contributed by atoms with E-state index in [1.54, 1.807) is 18.6 Å². The molecule has 2 aromatic heterocycles. The molecule has 0 bridgehead atoms. The van der Waals surface area contributed by atoms with Gasteiger partial charge in [-0.1, -0.05) is 30.3 Å². The van der Waals surface area contributed by atoms with E-state index >= 15 is 0 Å². The van der Waals surface area contributed by atoms with Gasteiger partial charge in [0.05, 0.1) is 17.8 Å². The Bertz CT molecular complexity index is 1030. The van der Waals surface area contributed by atoms with Crippen LogP contribution >= 0.6 is 0 Å². The van der Waals surface area contributed by atoms with Crippen LogP contribution in [-0.4, -0.2) is 22.0 Å². The third-order valence-electron chi connectivity index (χ3n) is 4.68. The van der Waals surface area contributed by atoms with Gasteiger partial charge in [0, 0.05) is 30.5 Å². The van der Waals surface area contributed by atoms with Crippen molar-refractivity contribution in [1.29, 1.82) is 0 Å². The van der Waals surface area contributed by atoms with Crippen molar-refractivity contribution >= 4 is 16.6 Å². The second-order valence-electron chi connectivity index (χ2n) is 6.38. The van der Waals surface area contributed by atoms with Gasteiger partial charge < -0.3 is 9.64 Å². The quantitative estimate of drug-likeness (QED) is 0.503. The van der Waals surface area contributed by atoms with Crippen LogP contribution in [0.4, 0.5) is 5.69 Å². The second-order valence-corrected chi connectivity index (χ2v) is 6.38. The molecule has 0 N–H and O–H groups in total. The van der Waals surface area contributed by atoms with Crippen LogP contribution in [0.2, 0.25) is 0 Å². The maximum absolute atomic E-state index is 5.80. The molecule has 1 atom stereocenters. The summed E-state index contributed by atoms with van der Waals surface area (Å²) in [6, 6.07) is 20.9. The topological polar surface area (TPSA) is 51.1 Å². The zero-order valence-electron chi connectivity index (χ0n) is 15.3. The van der Waals surface area contributed by atoms with Crippen LogP contribution in [-0.2, 0) is 0 Å². The largest absolute Gasteiger partial charge is 0.424 e. The average Bonchev–Trinajstić information content (AvgIpc) is 2.74. The van der Waals surface area contributed by atoms with Crippen molar-refractivity contribution < 1.29 is 4.74 Å². The molecule has 0 saturated heterocycles. The molecule has 0 fully saturated rings. The maximum Gasteiger partial charge on any atom is 0.322 e. The summed E-state index contributed by atoms with van der Waals surface area (Å²) in [5, 5.41) is 0.934. The Morgan fingerprint density at radius 1 is 0.926 bits per heavy atom. The summed E-state index contributed by atoms with van der Waals surface area (Å²) in [6.07, 6.45) is 5.16. The first-order chi connectivity index (χ1) is 13.2. The molecule has 0 unspecified atom stereocenters. The van der Waals surface area contributed by atoms with Crippen molar-refractivity contribution in [3.63, 3.8) is 0 Å². The van der Waals surface area contributed by atoms with Crippen molar-refractivity contribution in [2.75, 3.05) is 11.9 Å². The molecule has 5 heteroatoms. The van der Waals surface area contributed by atoms with Crippen LogP contribution in [0.15, 0.2) is 79.3 Å². The molecule has 0 aliphatic carbocycles. The molecular weight excluding hydrogens is 336 g/mol. The molecule has 0 amide bonds. The van der Waals surface area contributed by atoms with E-state index < -0.39 is 0 Å². The molecule has 0 saturated carbocycles. The number of benzene rings is 2. The van der Waals surface area contributed by atoms with Gasteiger partial charge in [-0.25, -0.2) is 4.98 Å². The molecule has 2 heterocycles. The highest BCUT2D eigenvalue weighted by Gasteiger charge is 2.12. The number of nitrogens with zero attached hydrogens (tertiary/aromatic N) is 4. The number of aromatic nitrogens is 3. The summed E-state index contributed by atoms with van der Waals surface area (Å²) >= 11 is 0. The summed E-state index contributed by atoms with van der Waals surface area (Å²) in [4.78, 5) is 15.0. The summed E-state index contributed by atoms with van der Waals surface area (Å²) in [7, 11) is 2.09. The molecule has 0 aliphatic rings. The summed E-state index contributed by atoms with van der Waals surface area (Å²) in [5.74, 6) is 0.697. The molecule has 0 aliphatic heterocycles. The molecule has 4 rings (SSSR count). The van der Waals surface area contributed by atoms with Gasteiger partial charge in [-0.2, -0.15) is 4.98 Å². The summed E-state index contributed by atoms with van der Waals surface area (Å²) in [5.41, 5.74) is 3.15. The van der Waals surface area contributed by atoms with Crippen molar-refractivity contribution in [1.82, 2.24) is 15.0 Å². The second kappa shape index (κ2) is 7.41.